The van der Waals surface area contributed by atoms with E-state index in [9.17, 15) is 4.79 Å². The third-order valence-corrected chi connectivity index (χ3v) is 4.64. The highest BCUT2D eigenvalue weighted by molar-refractivity contribution is 6.32. The molecule has 4 heteroatoms. The lowest BCUT2D eigenvalue weighted by molar-refractivity contribution is -0.110. The Morgan fingerprint density at radius 3 is 2.38 bits per heavy atom. The first-order chi connectivity index (χ1) is 12.6. The van der Waals surface area contributed by atoms with Gasteiger partial charge in [0.1, 0.15) is 0 Å². The van der Waals surface area contributed by atoms with Crippen LogP contribution in [0.5, 0.6) is 0 Å². The highest BCUT2D eigenvalue weighted by Crippen LogP contribution is 2.34. The second-order valence-corrected chi connectivity index (χ2v) is 6.69. The van der Waals surface area contributed by atoms with Crippen molar-refractivity contribution in [3.63, 3.8) is 0 Å². The molecule has 0 atom stereocenters. The lowest BCUT2D eigenvalue weighted by Crippen LogP contribution is -2.24. The summed E-state index contributed by atoms with van der Waals surface area (Å²) in [5.74, 6) is -0.0597. The highest BCUT2D eigenvalue weighted by atomic mass is 16.2. The van der Waals surface area contributed by atoms with Crippen LogP contribution in [0.15, 0.2) is 48.7 Å². The lowest BCUT2D eigenvalue weighted by atomic mass is 10.0. The molecule has 1 aliphatic rings. The zero-order chi connectivity index (χ0) is 18.5. The van der Waals surface area contributed by atoms with Crippen LogP contribution >= 0.6 is 0 Å². The second kappa shape index (κ2) is 8.09. The molecule has 2 aromatic carbocycles. The van der Waals surface area contributed by atoms with Gasteiger partial charge in [-0.25, -0.2) is 0 Å². The number of nitrogens with one attached hydrogen (secondary N) is 2. The van der Waals surface area contributed by atoms with E-state index >= 15 is 0 Å². The molecule has 136 valence electrons. The van der Waals surface area contributed by atoms with Crippen molar-refractivity contribution in [2.75, 3.05) is 28.6 Å². The van der Waals surface area contributed by atoms with Crippen molar-refractivity contribution in [3.05, 3.63) is 59.8 Å². The number of fused-ring (bicyclic) bond motifs is 1. The van der Waals surface area contributed by atoms with E-state index in [2.05, 4.69) is 53.6 Å². The molecule has 1 aliphatic heterocycles. The van der Waals surface area contributed by atoms with Gasteiger partial charge in [-0.05, 0) is 55.7 Å². The average Bonchev–Trinajstić information content (AvgIpc) is 2.97. The first-order valence-electron chi connectivity index (χ1n) is 9.37. The number of nitrogens with zero attached hydrogens (tertiary/aromatic N) is 1. The van der Waals surface area contributed by atoms with Crippen LogP contribution in [0.1, 0.15) is 37.8 Å². The number of benzene rings is 2. The first kappa shape index (κ1) is 18.1. The summed E-state index contributed by atoms with van der Waals surface area (Å²) in [6.07, 6.45) is 4.08. The molecule has 0 spiro atoms. The summed E-state index contributed by atoms with van der Waals surface area (Å²) < 4.78 is 0. The standard InChI is InChI=1S/C22H27N3O/c1-4-13-25(14-5-2)18-11-9-17(10-12-18)23-15-19-21-16(3)7-6-8-20(21)24-22(19)26/h6-12,15,23H,4-5,13-14H2,1-3H3,(H,24,26). The minimum atomic E-state index is -0.0597. The topological polar surface area (TPSA) is 44.4 Å². The molecular formula is C22H27N3O. The Morgan fingerprint density at radius 2 is 1.73 bits per heavy atom. The summed E-state index contributed by atoms with van der Waals surface area (Å²) in [5, 5.41) is 6.20. The van der Waals surface area contributed by atoms with E-state index in [1.165, 1.54) is 5.69 Å². The first-order valence-corrected chi connectivity index (χ1v) is 9.37. The van der Waals surface area contributed by atoms with Crippen LogP contribution in [0.4, 0.5) is 17.1 Å². The average molecular weight is 349 g/mol. The number of hydrogen-bond donors (Lipinski definition) is 2. The van der Waals surface area contributed by atoms with Crippen molar-refractivity contribution in [2.24, 2.45) is 0 Å². The summed E-state index contributed by atoms with van der Waals surface area (Å²) in [7, 11) is 0. The molecule has 0 radical (unpaired) electrons. The third-order valence-electron chi connectivity index (χ3n) is 4.64. The molecule has 2 N–H and O–H groups in total. The Bertz CT molecular complexity index is 803. The molecule has 2 aromatic rings. The van der Waals surface area contributed by atoms with E-state index < -0.39 is 0 Å². The van der Waals surface area contributed by atoms with E-state index in [1.54, 1.807) is 6.20 Å². The van der Waals surface area contributed by atoms with Gasteiger partial charge >= 0.3 is 0 Å². The zero-order valence-electron chi connectivity index (χ0n) is 15.8. The zero-order valence-corrected chi connectivity index (χ0v) is 15.8. The van der Waals surface area contributed by atoms with Crippen molar-refractivity contribution in [1.29, 1.82) is 0 Å². The number of rotatable bonds is 7. The molecule has 1 heterocycles. The van der Waals surface area contributed by atoms with Crippen molar-refractivity contribution in [3.8, 4) is 0 Å². The predicted octanol–water partition coefficient (Wildman–Crippen LogP) is 5.03. The van der Waals surface area contributed by atoms with Crippen LogP contribution in [0.3, 0.4) is 0 Å². The van der Waals surface area contributed by atoms with Crippen molar-refractivity contribution in [1.82, 2.24) is 0 Å². The number of hydrogen-bond acceptors (Lipinski definition) is 3. The molecule has 3 rings (SSSR count). The van der Waals surface area contributed by atoms with Gasteiger partial charge in [-0.2, -0.15) is 0 Å². The van der Waals surface area contributed by atoms with Gasteiger partial charge < -0.3 is 15.5 Å². The molecule has 0 aliphatic carbocycles. The molecule has 0 aromatic heterocycles. The minimum Gasteiger partial charge on any atom is -0.372 e. The Morgan fingerprint density at radius 1 is 1.04 bits per heavy atom. The van der Waals surface area contributed by atoms with Gasteiger partial charge in [0.05, 0.1) is 5.57 Å². The lowest BCUT2D eigenvalue weighted by Gasteiger charge is -2.24. The highest BCUT2D eigenvalue weighted by Gasteiger charge is 2.25. The van der Waals surface area contributed by atoms with E-state index in [0.717, 1.165) is 48.4 Å². The third kappa shape index (κ3) is 3.74. The van der Waals surface area contributed by atoms with Crippen LogP contribution in [-0.2, 0) is 4.79 Å². The fourth-order valence-electron chi connectivity index (χ4n) is 3.40. The minimum absolute atomic E-state index is 0.0597. The van der Waals surface area contributed by atoms with Gasteiger partial charge in [0, 0.05) is 41.9 Å². The predicted molar refractivity (Wildman–Crippen MR) is 111 cm³/mol. The monoisotopic (exact) mass is 349 g/mol. The van der Waals surface area contributed by atoms with Gasteiger partial charge in [0.2, 0.25) is 0 Å². The maximum absolute atomic E-state index is 12.3. The summed E-state index contributed by atoms with van der Waals surface area (Å²) >= 11 is 0. The maximum Gasteiger partial charge on any atom is 0.257 e. The van der Waals surface area contributed by atoms with E-state index in [4.69, 9.17) is 0 Å². The molecule has 26 heavy (non-hydrogen) atoms. The maximum atomic E-state index is 12.3. The van der Waals surface area contributed by atoms with Crippen molar-refractivity contribution in [2.45, 2.75) is 33.6 Å². The van der Waals surface area contributed by atoms with Crippen LogP contribution in [0.2, 0.25) is 0 Å². The molecule has 0 saturated carbocycles. The SMILES string of the molecule is CCCN(CCC)c1ccc(NC=C2C(=O)Nc3cccc(C)c32)cc1. The quantitative estimate of drug-likeness (QED) is 0.689. The van der Waals surface area contributed by atoms with Gasteiger partial charge in [0.25, 0.3) is 5.91 Å². The molecule has 0 fully saturated rings. The number of aryl methyl sites for hydroxylation is 1. The largest absolute Gasteiger partial charge is 0.372 e. The van der Waals surface area contributed by atoms with Gasteiger partial charge in [-0.1, -0.05) is 26.0 Å². The summed E-state index contributed by atoms with van der Waals surface area (Å²) in [5.41, 5.74) is 5.86. The molecule has 1 amide bonds. The second-order valence-electron chi connectivity index (χ2n) is 6.69. The van der Waals surface area contributed by atoms with E-state index in [0.29, 0.717) is 5.57 Å². The normalized spacial score (nSPS) is 14.3. The Labute approximate surface area is 155 Å². The number of carbonyl (C=O) groups excluding carboxylic acids is 1. The summed E-state index contributed by atoms with van der Waals surface area (Å²) in [6.45, 7) is 8.58. The van der Waals surface area contributed by atoms with Gasteiger partial charge in [0.15, 0.2) is 0 Å². The smallest absolute Gasteiger partial charge is 0.257 e. The molecule has 0 saturated heterocycles. The molecular weight excluding hydrogens is 322 g/mol. The van der Waals surface area contributed by atoms with Crippen molar-refractivity contribution >= 4 is 28.5 Å². The van der Waals surface area contributed by atoms with E-state index in [1.807, 2.05) is 25.1 Å². The van der Waals surface area contributed by atoms with Gasteiger partial charge in [-0.15, -0.1) is 0 Å². The number of anilines is 3. The van der Waals surface area contributed by atoms with Crippen LogP contribution in [0, 0.1) is 6.92 Å². The fraction of sp³-hybridized carbons (Fsp3) is 0.318. The summed E-state index contributed by atoms with van der Waals surface area (Å²) in [6, 6.07) is 14.3. The Kier molecular flexibility index (Phi) is 5.61. The number of carbonyl (C=O) groups is 1. The van der Waals surface area contributed by atoms with Crippen LogP contribution in [-0.4, -0.2) is 19.0 Å². The molecule has 0 unspecified atom stereocenters. The molecule has 0 bridgehead atoms. The Balaban J connectivity index is 1.76. The number of amides is 1. The summed E-state index contributed by atoms with van der Waals surface area (Å²) in [4.78, 5) is 14.7. The Hall–Kier alpha value is -2.75. The van der Waals surface area contributed by atoms with Crippen molar-refractivity contribution < 1.29 is 4.79 Å². The molecule has 4 nitrogen and oxygen atoms in total. The van der Waals surface area contributed by atoms with Crippen LogP contribution in [0.25, 0.3) is 5.57 Å². The van der Waals surface area contributed by atoms with Gasteiger partial charge in [-0.3, -0.25) is 4.79 Å². The fourth-order valence-corrected chi connectivity index (χ4v) is 3.40. The van der Waals surface area contributed by atoms with E-state index in [-0.39, 0.29) is 5.91 Å². The van der Waals surface area contributed by atoms with Crippen LogP contribution < -0.4 is 15.5 Å².